The average molecular weight is 625 g/mol. The van der Waals surface area contributed by atoms with Crippen LogP contribution in [0.25, 0.3) is 21.8 Å². The van der Waals surface area contributed by atoms with E-state index in [4.69, 9.17) is 0 Å². The topological polar surface area (TPSA) is 82.3 Å². The maximum atomic E-state index is 9.59. The van der Waals surface area contributed by atoms with Crippen LogP contribution >= 0.6 is 0 Å². The lowest BCUT2D eigenvalue weighted by Crippen LogP contribution is -2.35. The molecule has 6 nitrogen and oxygen atoms in total. The molecule has 6 heteroatoms. The van der Waals surface area contributed by atoms with Gasteiger partial charge < -0.3 is 5.32 Å². The quantitative estimate of drug-likeness (QED) is 0.159. The van der Waals surface area contributed by atoms with E-state index in [2.05, 4.69) is 139 Å². The second-order valence-electron chi connectivity index (χ2n) is 14.0. The molecular formula is C41H48N6. The summed E-state index contributed by atoms with van der Waals surface area (Å²) in [6.07, 6.45) is 3.82. The number of rotatable bonds is 10. The molecule has 0 spiro atoms. The maximum absolute atomic E-state index is 9.59. The first-order valence-electron chi connectivity index (χ1n) is 16.7. The van der Waals surface area contributed by atoms with Gasteiger partial charge in [0, 0.05) is 35.2 Å². The van der Waals surface area contributed by atoms with E-state index < -0.39 is 5.41 Å². The molecule has 6 aromatic rings. The van der Waals surface area contributed by atoms with Crippen LogP contribution in [0.2, 0.25) is 0 Å². The van der Waals surface area contributed by atoms with Crippen LogP contribution in [-0.4, -0.2) is 33.1 Å². The molecule has 0 aliphatic rings. The summed E-state index contributed by atoms with van der Waals surface area (Å²) in [5.41, 5.74) is 6.85. The van der Waals surface area contributed by atoms with E-state index in [0.717, 1.165) is 35.1 Å². The van der Waals surface area contributed by atoms with Gasteiger partial charge in [-0.1, -0.05) is 93.6 Å². The molecule has 0 aliphatic carbocycles. The monoisotopic (exact) mass is 624 g/mol. The van der Waals surface area contributed by atoms with Crippen LogP contribution in [0.1, 0.15) is 88.6 Å². The Labute approximate surface area is 279 Å². The van der Waals surface area contributed by atoms with Gasteiger partial charge in [-0.25, -0.2) is 0 Å². The molecule has 2 heterocycles. The van der Waals surface area contributed by atoms with Gasteiger partial charge in [0.2, 0.25) is 0 Å². The first kappa shape index (κ1) is 33.6. The van der Waals surface area contributed by atoms with E-state index in [9.17, 15) is 5.26 Å². The number of nitrogens with zero attached hydrogens (tertiary/aromatic N) is 4. The van der Waals surface area contributed by atoms with Crippen molar-refractivity contribution < 1.29 is 0 Å². The minimum Gasteiger partial charge on any atom is -0.316 e. The lowest BCUT2D eigenvalue weighted by molar-refractivity contribution is 0.302. The average Bonchev–Trinajstić information content (AvgIpc) is 3.72. The van der Waals surface area contributed by atoms with E-state index in [1.807, 2.05) is 50.5 Å². The van der Waals surface area contributed by atoms with Crippen molar-refractivity contribution in [3.8, 4) is 6.07 Å². The number of hydrogen-bond donors (Lipinski definition) is 2. The Morgan fingerprint density at radius 1 is 0.766 bits per heavy atom. The molecule has 0 unspecified atom stereocenters. The molecule has 0 radical (unpaired) electrons. The van der Waals surface area contributed by atoms with Gasteiger partial charge >= 0.3 is 0 Å². The molecule has 0 amide bonds. The Hall–Kier alpha value is -4.73. The molecule has 0 saturated heterocycles. The molecule has 242 valence electrons. The van der Waals surface area contributed by atoms with Crippen molar-refractivity contribution in [2.24, 2.45) is 10.8 Å². The van der Waals surface area contributed by atoms with Crippen LogP contribution in [0.4, 0.5) is 0 Å². The van der Waals surface area contributed by atoms with Crippen molar-refractivity contribution in [2.45, 2.75) is 66.3 Å². The van der Waals surface area contributed by atoms with Crippen LogP contribution in [-0.2, 0) is 0 Å². The number of aromatic nitrogens is 4. The molecule has 2 N–H and O–H groups in total. The van der Waals surface area contributed by atoms with Crippen LogP contribution in [0.3, 0.4) is 0 Å². The molecule has 0 saturated carbocycles. The summed E-state index contributed by atoms with van der Waals surface area (Å²) < 4.78 is 2.10. The zero-order valence-electron chi connectivity index (χ0n) is 28.8. The summed E-state index contributed by atoms with van der Waals surface area (Å²) in [7, 11) is 0. The summed E-state index contributed by atoms with van der Waals surface area (Å²) in [6, 6.07) is 37.0. The Morgan fingerprint density at radius 3 is 1.98 bits per heavy atom. The van der Waals surface area contributed by atoms with E-state index in [1.54, 1.807) is 0 Å². The second kappa shape index (κ2) is 14.4. The number of aromatic amines is 1. The van der Waals surface area contributed by atoms with Gasteiger partial charge in [-0.2, -0.15) is 15.5 Å². The first-order valence-corrected chi connectivity index (χ1v) is 16.7. The number of nitrogens with one attached hydrogen (secondary N) is 2. The molecule has 6 rings (SSSR count). The molecule has 2 aromatic heterocycles. The SMILES string of the molecule is CC(C)(C#N)[C@@H](c1ccccc1)c1ccc2[nH]ncc2c1.CCNCC(C)(C)[C@@H](c1ccccc1)c1ccc2c(cnn2C(C)C)c1. The van der Waals surface area contributed by atoms with Gasteiger partial charge in [-0.3, -0.25) is 9.78 Å². The highest BCUT2D eigenvalue weighted by molar-refractivity contribution is 5.80. The van der Waals surface area contributed by atoms with Crippen LogP contribution in [0, 0.1) is 22.2 Å². The number of hydrogen-bond acceptors (Lipinski definition) is 4. The molecule has 0 fully saturated rings. The predicted octanol–water partition coefficient (Wildman–Crippen LogP) is 9.63. The standard InChI is InChI=1S/C23H31N3.C18H17N3/c1-6-24-16-23(4,5)22(18-10-8-7-9-11-18)19-12-13-21-20(14-19)15-25-26(21)17(2)3;1-18(2,12-19)17(13-6-4-3-5-7-13)14-8-9-16-15(10-14)11-20-21-16/h7-15,17,22,24H,6,16H2,1-5H3;3-11,17H,1-2H3,(H,20,21)/t22-;17-/m00/s1. The zero-order valence-corrected chi connectivity index (χ0v) is 28.8. The lowest BCUT2D eigenvalue weighted by atomic mass is 9.71. The minimum atomic E-state index is -0.487. The van der Waals surface area contributed by atoms with Gasteiger partial charge in [-0.05, 0) is 86.2 Å². The fourth-order valence-corrected chi connectivity index (χ4v) is 6.83. The van der Waals surface area contributed by atoms with Gasteiger partial charge in [-0.15, -0.1) is 0 Å². The summed E-state index contributed by atoms with van der Waals surface area (Å²) in [5.74, 6) is 0.359. The van der Waals surface area contributed by atoms with Crippen molar-refractivity contribution in [3.63, 3.8) is 0 Å². The Bertz CT molecular complexity index is 1930. The van der Waals surface area contributed by atoms with Crippen LogP contribution in [0.15, 0.2) is 109 Å². The van der Waals surface area contributed by atoms with E-state index in [0.29, 0.717) is 12.0 Å². The highest BCUT2D eigenvalue weighted by Crippen LogP contribution is 2.42. The fourth-order valence-electron chi connectivity index (χ4n) is 6.83. The summed E-state index contributed by atoms with van der Waals surface area (Å²) in [4.78, 5) is 0. The number of benzene rings is 4. The number of fused-ring (bicyclic) bond motifs is 2. The van der Waals surface area contributed by atoms with Crippen LogP contribution in [0.5, 0.6) is 0 Å². The van der Waals surface area contributed by atoms with Gasteiger partial charge in [0.15, 0.2) is 0 Å². The Kier molecular flexibility index (Phi) is 10.3. The third-order valence-electron chi connectivity index (χ3n) is 9.13. The van der Waals surface area contributed by atoms with Gasteiger partial charge in [0.05, 0.1) is 34.9 Å². The predicted molar refractivity (Wildman–Crippen MR) is 195 cm³/mol. The molecule has 4 aromatic carbocycles. The smallest absolute Gasteiger partial charge is 0.0693 e. The van der Waals surface area contributed by atoms with Crippen molar-refractivity contribution in [1.29, 1.82) is 5.26 Å². The minimum absolute atomic E-state index is 0.0306. The van der Waals surface area contributed by atoms with Crippen molar-refractivity contribution in [1.82, 2.24) is 25.3 Å². The second-order valence-corrected chi connectivity index (χ2v) is 14.0. The Morgan fingerprint density at radius 2 is 1.36 bits per heavy atom. The first-order chi connectivity index (χ1) is 22.6. The zero-order chi connectivity index (χ0) is 33.6. The molecular weight excluding hydrogens is 576 g/mol. The van der Waals surface area contributed by atoms with Crippen molar-refractivity contribution >= 4 is 21.8 Å². The van der Waals surface area contributed by atoms with E-state index in [-0.39, 0.29) is 11.3 Å². The van der Waals surface area contributed by atoms with Crippen molar-refractivity contribution in [2.75, 3.05) is 13.1 Å². The third-order valence-corrected chi connectivity index (χ3v) is 9.13. The van der Waals surface area contributed by atoms with Gasteiger partial charge in [0.1, 0.15) is 0 Å². The molecule has 0 aliphatic heterocycles. The summed E-state index contributed by atoms with van der Waals surface area (Å²) in [6.45, 7) is 17.2. The lowest BCUT2D eigenvalue weighted by Gasteiger charge is -2.35. The molecule has 47 heavy (non-hydrogen) atoms. The summed E-state index contributed by atoms with van der Waals surface area (Å²) in [5, 5.41) is 27.0. The molecule has 0 bridgehead atoms. The van der Waals surface area contributed by atoms with Gasteiger partial charge in [0.25, 0.3) is 0 Å². The van der Waals surface area contributed by atoms with E-state index >= 15 is 0 Å². The summed E-state index contributed by atoms with van der Waals surface area (Å²) >= 11 is 0. The Balaban J connectivity index is 0.000000189. The van der Waals surface area contributed by atoms with Crippen molar-refractivity contribution in [3.05, 3.63) is 132 Å². The van der Waals surface area contributed by atoms with Crippen LogP contribution < -0.4 is 5.32 Å². The number of nitriles is 1. The van der Waals surface area contributed by atoms with E-state index in [1.165, 1.54) is 22.0 Å². The normalized spacial score (nSPS) is 13.3. The highest BCUT2D eigenvalue weighted by Gasteiger charge is 2.33. The molecule has 2 atom stereocenters. The highest BCUT2D eigenvalue weighted by atomic mass is 15.3. The fraction of sp³-hybridized carbons (Fsp3) is 0.341. The maximum Gasteiger partial charge on any atom is 0.0693 e. The third kappa shape index (κ3) is 7.48. The number of H-pyrrole nitrogens is 1. The largest absolute Gasteiger partial charge is 0.316 e.